The Morgan fingerprint density at radius 2 is 2.12 bits per heavy atom. The van der Waals surface area contributed by atoms with Crippen LogP contribution >= 0.6 is 0 Å². The van der Waals surface area contributed by atoms with Crippen LogP contribution in [0.5, 0.6) is 0 Å². The first-order valence-electron chi connectivity index (χ1n) is 4.84. The molecule has 0 radical (unpaired) electrons. The van der Waals surface area contributed by atoms with Crippen LogP contribution in [-0.2, 0) is 10.0 Å². The molecule has 1 aromatic carbocycles. The Bertz CT molecular complexity index is 527. The van der Waals surface area contributed by atoms with Crippen LogP contribution in [0.25, 0.3) is 0 Å². The van der Waals surface area contributed by atoms with E-state index in [0.29, 0.717) is 0 Å². The number of nitrogens with one attached hydrogen (secondary N) is 1. The van der Waals surface area contributed by atoms with Gasteiger partial charge in [0.15, 0.2) is 0 Å². The van der Waals surface area contributed by atoms with Gasteiger partial charge in [0.1, 0.15) is 0 Å². The molecule has 0 fully saturated rings. The maximum atomic E-state index is 11.8. The molecule has 0 unspecified atom stereocenters. The minimum Gasteiger partial charge on any atom is -0.329 e. The van der Waals surface area contributed by atoms with Crippen molar-refractivity contribution in [2.24, 2.45) is 5.73 Å². The predicted molar refractivity (Wildman–Crippen MR) is 62.1 cm³/mol. The molecule has 0 saturated carbocycles. The largest absolute Gasteiger partial charge is 0.329 e. The van der Waals surface area contributed by atoms with Crippen molar-refractivity contribution in [2.75, 3.05) is 13.1 Å². The highest BCUT2D eigenvalue weighted by Crippen LogP contribution is 2.24. The standard InChI is InChI=1S/C9H13N3O4S/c1-7-8(12(13)14)3-2-4-9(7)17(15,16)11-6-5-10/h2-4,11H,5-6,10H2,1H3. The molecule has 17 heavy (non-hydrogen) atoms. The van der Waals surface area contributed by atoms with E-state index >= 15 is 0 Å². The number of nitrogens with two attached hydrogens (primary N) is 1. The van der Waals surface area contributed by atoms with Crippen LogP contribution < -0.4 is 10.5 Å². The van der Waals surface area contributed by atoms with Crippen molar-refractivity contribution >= 4 is 15.7 Å². The molecule has 94 valence electrons. The van der Waals surface area contributed by atoms with Gasteiger partial charge < -0.3 is 5.73 Å². The van der Waals surface area contributed by atoms with Gasteiger partial charge in [-0.1, -0.05) is 6.07 Å². The summed E-state index contributed by atoms with van der Waals surface area (Å²) in [5.74, 6) is 0. The van der Waals surface area contributed by atoms with Crippen molar-refractivity contribution in [1.29, 1.82) is 0 Å². The van der Waals surface area contributed by atoms with E-state index in [1.807, 2.05) is 0 Å². The molecule has 0 amide bonds. The van der Waals surface area contributed by atoms with E-state index in [9.17, 15) is 18.5 Å². The van der Waals surface area contributed by atoms with E-state index in [4.69, 9.17) is 5.73 Å². The maximum absolute atomic E-state index is 11.8. The highest BCUT2D eigenvalue weighted by molar-refractivity contribution is 7.89. The fourth-order valence-corrected chi connectivity index (χ4v) is 2.67. The zero-order valence-electron chi connectivity index (χ0n) is 9.21. The summed E-state index contributed by atoms with van der Waals surface area (Å²) in [6, 6.07) is 3.92. The lowest BCUT2D eigenvalue weighted by Gasteiger charge is -2.08. The van der Waals surface area contributed by atoms with E-state index in [1.165, 1.54) is 25.1 Å². The SMILES string of the molecule is Cc1c([N+](=O)[O-])cccc1S(=O)(=O)NCCN. The molecule has 0 heterocycles. The van der Waals surface area contributed by atoms with Gasteiger partial charge >= 0.3 is 0 Å². The molecule has 0 saturated heterocycles. The Balaban J connectivity index is 3.24. The van der Waals surface area contributed by atoms with Gasteiger partial charge in [0.2, 0.25) is 10.0 Å². The van der Waals surface area contributed by atoms with E-state index < -0.39 is 14.9 Å². The second-order valence-corrected chi connectivity index (χ2v) is 5.08. The van der Waals surface area contributed by atoms with Gasteiger partial charge in [0.05, 0.1) is 9.82 Å². The predicted octanol–water partition coefficient (Wildman–Crippen LogP) is 0.140. The maximum Gasteiger partial charge on any atom is 0.273 e. The van der Waals surface area contributed by atoms with Crippen molar-refractivity contribution in [3.8, 4) is 0 Å². The Morgan fingerprint density at radius 1 is 1.47 bits per heavy atom. The highest BCUT2D eigenvalue weighted by atomic mass is 32.2. The van der Waals surface area contributed by atoms with Crippen LogP contribution in [0.1, 0.15) is 5.56 Å². The van der Waals surface area contributed by atoms with Crippen LogP contribution in [0.15, 0.2) is 23.1 Å². The molecule has 3 N–H and O–H groups in total. The highest BCUT2D eigenvalue weighted by Gasteiger charge is 2.21. The molecule has 0 aliphatic rings. The van der Waals surface area contributed by atoms with Crippen LogP contribution in [-0.4, -0.2) is 26.4 Å². The molecular weight excluding hydrogens is 246 g/mol. The smallest absolute Gasteiger partial charge is 0.273 e. The van der Waals surface area contributed by atoms with Gasteiger partial charge in [-0.2, -0.15) is 0 Å². The summed E-state index contributed by atoms with van der Waals surface area (Å²) in [7, 11) is -3.74. The van der Waals surface area contributed by atoms with Crippen LogP contribution in [0.4, 0.5) is 5.69 Å². The number of sulfonamides is 1. The lowest BCUT2D eigenvalue weighted by Crippen LogP contribution is -2.29. The molecule has 0 aliphatic heterocycles. The third kappa shape index (κ3) is 2.99. The summed E-state index contributed by atoms with van der Waals surface area (Å²) >= 11 is 0. The van der Waals surface area contributed by atoms with Crippen LogP contribution in [0, 0.1) is 17.0 Å². The summed E-state index contributed by atoms with van der Waals surface area (Å²) in [6.07, 6.45) is 0. The number of benzene rings is 1. The number of nitrogens with zero attached hydrogens (tertiary/aromatic N) is 1. The number of rotatable bonds is 5. The van der Waals surface area contributed by atoms with Crippen molar-refractivity contribution in [3.05, 3.63) is 33.9 Å². The van der Waals surface area contributed by atoms with Crippen molar-refractivity contribution in [2.45, 2.75) is 11.8 Å². The minimum atomic E-state index is -3.74. The monoisotopic (exact) mass is 259 g/mol. The zero-order valence-corrected chi connectivity index (χ0v) is 10.0. The number of hydrogen-bond acceptors (Lipinski definition) is 5. The lowest BCUT2D eigenvalue weighted by molar-refractivity contribution is -0.385. The molecule has 8 heteroatoms. The Hall–Kier alpha value is -1.51. The first-order valence-corrected chi connectivity index (χ1v) is 6.32. The summed E-state index contributed by atoms with van der Waals surface area (Å²) in [5, 5.41) is 10.7. The van der Waals surface area contributed by atoms with Crippen LogP contribution in [0.2, 0.25) is 0 Å². The first-order chi connectivity index (χ1) is 7.90. The second-order valence-electron chi connectivity index (χ2n) is 3.34. The van der Waals surface area contributed by atoms with Gasteiger partial charge in [-0.3, -0.25) is 10.1 Å². The zero-order chi connectivity index (χ0) is 13.1. The van der Waals surface area contributed by atoms with Gasteiger partial charge in [-0.25, -0.2) is 13.1 Å². The average molecular weight is 259 g/mol. The Morgan fingerprint density at radius 3 is 2.65 bits per heavy atom. The fraction of sp³-hybridized carbons (Fsp3) is 0.333. The van der Waals surface area contributed by atoms with Gasteiger partial charge in [0.25, 0.3) is 5.69 Å². The van der Waals surface area contributed by atoms with Crippen molar-refractivity contribution < 1.29 is 13.3 Å². The topological polar surface area (TPSA) is 115 Å². The summed E-state index contributed by atoms with van der Waals surface area (Å²) in [6.45, 7) is 1.65. The van der Waals surface area contributed by atoms with E-state index in [-0.39, 0.29) is 29.2 Å². The number of hydrogen-bond donors (Lipinski definition) is 2. The lowest BCUT2D eigenvalue weighted by atomic mass is 10.2. The average Bonchev–Trinajstić information content (AvgIpc) is 2.26. The summed E-state index contributed by atoms with van der Waals surface area (Å²) < 4.78 is 25.9. The molecule has 0 spiro atoms. The third-order valence-corrected chi connectivity index (χ3v) is 3.78. The van der Waals surface area contributed by atoms with Gasteiger partial charge in [-0.15, -0.1) is 0 Å². The van der Waals surface area contributed by atoms with Crippen molar-refractivity contribution in [1.82, 2.24) is 4.72 Å². The molecule has 0 atom stereocenters. The van der Waals surface area contributed by atoms with E-state index in [0.717, 1.165) is 0 Å². The molecule has 1 aromatic rings. The quantitative estimate of drug-likeness (QED) is 0.576. The molecule has 0 aliphatic carbocycles. The Labute approximate surface area is 98.8 Å². The minimum absolute atomic E-state index is 0.0878. The molecule has 7 nitrogen and oxygen atoms in total. The van der Waals surface area contributed by atoms with E-state index in [2.05, 4.69) is 4.72 Å². The third-order valence-electron chi connectivity index (χ3n) is 2.18. The van der Waals surface area contributed by atoms with Gasteiger partial charge in [-0.05, 0) is 13.0 Å². The normalized spacial score (nSPS) is 11.4. The number of nitro benzene ring substituents is 1. The number of nitro groups is 1. The fourth-order valence-electron chi connectivity index (χ4n) is 1.36. The van der Waals surface area contributed by atoms with Crippen molar-refractivity contribution in [3.63, 3.8) is 0 Å². The summed E-state index contributed by atoms with van der Waals surface area (Å²) in [5.41, 5.74) is 5.09. The van der Waals surface area contributed by atoms with E-state index in [1.54, 1.807) is 0 Å². The second kappa shape index (κ2) is 5.21. The first kappa shape index (κ1) is 13.6. The Kier molecular flexibility index (Phi) is 4.16. The summed E-state index contributed by atoms with van der Waals surface area (Å²) in [4.78, 5) is 9.97. The van der Waals surface area contributed by atoms with Crippen LogP contribution in [0.3, 0.4) is 0 Å². The molecule has 0 aromatic heterocycles. The molecule has 1 rings (SSSR count). The molecule has 0 bridgehead atoms. The van der Waals surface area contributed by atoms with Gasteiger partial charge in [0, 0.05) is 24.7 Å². The molecular formula is C9H13N3O4S.